The van der Waals surface area contributed by atoms with Crippen LogP contribution in [0.2, 0.25) is 5.02 Å². The van der Waals surface area contributed by atoms with Crippen molar-refractivity contribution >= 4 is 17.7 Å². The van der Waals surface area contributed by atoms with E-state index in [4.69, 9.17) is 16.3 Å². The maximum atomic E-state index is 12.2. The molecule has 4 rings (SSSR count). The van der Waals surface area contributed by atoms with Gasteiger partial charge in [0.1, 0.15) is 5.75 Å². The van der Waals surface area contributed by atoms with E-state index in [9.17, 15) is 4.79 Å². The fourth-order valence-corrected chi connectivity index (χ4v) is 4.26. The van der Waals surface area contributed by atoms with Crippen molar-refractivity contribution in [3.8, 4) is 16.9 Å². The average molecular weight is 449 g/mol. The van der Waals surface area contributed by atoms with E-state index >= 15 is 0 Å². The van der Waals surface area contributed by atoms with Crippen LogP contribution in [-0.2, 0) is 13.0 Å². The van der Waals surface area contributed by atoms with E-state index in [1.807, 2.05) is 36.4 Å². The molecule has 4 nitrogen and oxygen atoms in total. The predicted molar refractivity (Wildman–Crippen MR) is 130 cm³/mol. The lowest BCUT2D eigenvalue weighted by Gasteiger charge is -2.16. The Kier molecular flexibility index (Phi) is 7.46. The van der Waals surface area contributed by atoms with Gasteiger partial charge in [-0.25, -0.2) is 4.79 Å². The molecule has 0 bridgehead atoms. The van der Waals surface area contributed by atoms with Crippen LogP contribution >= 0.6 is 11.6 Å². The number of hydrogen-bond donors (Lipinski definition) is 1. The molecule has 0 spiro atoms. The SMILES string of the molecule is Cc1cc(CN2CCCC2)ccc1CCNC(=O)Oc1ccc(-c2ccc(Cl)cc2)cc1. The smallest absolute Gasteiger partial charge is 0.410 e. The molecule has 1 saturated heterocycles. The van der Waals surface area contributed by atoms with Crippen LogP contribution < -0.4 is 10.1 Å². The van der Waals surface area contributed by atoms with Crippen LogP contribution in [0, 0.1) is 6.92 Å². The second-order valence-electron chi connectivity index (χ2n) is 8.34. The Balaban J connectivity index is 1.24. The van der Waals surface area contributed by atoms with E-state index in [1.54, 1.807) is 12.1 Å². The lowest BCUT2D eigenvalue weighted by atomic mass is 10.0. The molecule has 0 aromatic heterocycles. The van der Waals surface area contributed by atoms with Crippen LogP contribution in [0.3, 0.4) is 0 Å². The molecule has 0 atom stereocenters. The third kappa shape index (κ3) is 6.12. The molecule has 0 radical (unpaired) electrons. The first-order valence-corrected chi connectivity index (χ1v) is 11.6. The monoisotopic (exact) mass is 448 g/mol. The van der Waals surface area contributed by atoms with Crippen LogP contribution in [0.1, 0.15) is 29.5 Å². The molecule has 166 valence electrons. The third-order valence-electron chi connectivity index (χ3n) is 5.92. The highest BCUT2D eigenvalue weighted by Crippen LogP contribution is 2.24. The number of nitrogens with zero attached hydrogens (tertiary/aromatic N) is 1. The van der Waals surface area contributed by atoms with Crippen molar-refractivity contribution in [3.05, 3.63) is 88.4 Å². The van der Waals surface area contributed by atoms with Crippen molar-refractivity contribution in [1.29, 1.82) is 0 Å². The predicted octanol–water partition coefficient (Wildman–Crippen LogP) is 6.24. The van der Waals surface area contributed by atoms with Gasteiger partial charge in [0.05, 0.1) is 0 Å². The number of benzene rings is 3. The zero-order chi connectivity index (χ0) is 22.3. The molecular weight excluding hydrogens is 420 g/mol. The number of halogens is 1. The molecule has 1 heterocycles. The molecular formula is C27H29ClN2O2. The largest absolute Gasteiger partial charge is 0.412 e. The molecule has 0 saturated carbocycles. The lowest BCUT2D eigenvalue weighted by Crippen LogP contribution is -2.28. The van der Waals surface area contributed by atoms with Crippen molar-refractivity contribution in [1.82, 2.24) is 10.2 Å². The minimum atomic E-state index is -0.437. The number of rotatable bonds is 7. The molecule has 1 fully saturated rings. The summed E-state index contributed by atoms with van der Waals surface area (Å²) in [5, 5.41) is 3.56. The number of nitrogens with one attached hydrogen (secondary N) is 1. The molecule has 1 N–H and O–H groups in total. The van der Waals surface area contributed by atoms with E-state index in [1.165, 1.54) is 42.6 Å². The van der Waals surface area contributed by atoms with E-state index in [2.05, 4.69) is 35.3 Å². The summed E-state index contributed by atoms with van der Waals surface area (Å²) in [6.45, 7) is 6.12. The normalized spacial score (nSPS) is 13.8. The van der Waals surface area contributed by atoms with Gasteiger partial charge in [-0.1, -0.05) is 54.1 Å². The molecule has 3 aromatic carbocycles. The number of aryl methyl sites for hydroxylation is 1. The molecule has 5 heteroatoms. The van der Waals surface area contributed by atoms with Crippen LogP contribution in [0.15, 0.2) is 66.7 Å². The molecule has 0 unspecified atom stereocenters. The Hall–Kier alpha value is -2.82. The van der Waals surface area contributed by atoms with E-state index in [-0.39, 0.29) is 0 Å². The minimum absolute atomic E-state index is 0.437. The first kappa shape index (κ1) is 22.4. The molecule has 3 aromatic rings. The summed E-state index contributed by atoms with van der Waals surface area (Å²) in [4.78, 5) is 14.7. The van der Waals surface area contributed by atoms with Crippen molar-refractivity contribution in [2.45, 2.75) is 32.7 Å². The van der Waals surface area contributed by atoms with Gasteiger partial charge in [-0.2, -0.15) is 0 Å². The Bertz CT molecular complexity index is 1040. The van der Waals surface area contributed by atoms with Gasteiger partial charge in [0.25, 0.3) is 0 Å². The Morgan fingerprint density at radius 1 is 0.969 bits per heavy atom. The first-order chi connectivity index (χ1) is 15.6. The lowest BCUT2D eigenvalue weighted by molar-refractivity contribution is 0.200. The zero-order valence-electron chi connectivity index (χ0n) is 18.4. The molecule has 0 aliphatic carbocycles. The summed E-state index contributed by atoms with van der Waals surface area (Å²) in [6.07, 6.45) is 2.96. The Morgan fingerprint density at radius 3 is 2.28 bits per heavy atom. The summed E-state index contributed by atoms with van der Waals surface area (Å²) in [5.74, 6) is 0.516. The highest BCUT2D eigenvalue weighted by molar-refractivity contribution is 6.30. The van der Waals surface area contributed by atoms with Crippen LogP contribution in [0.25, 0.3) is 11.1 Å². The number of hydrogen-bond acceptors (Lipinski definition) is 3. The topological polar surface area (TPSA) is 41.6 Å². The second-order valence-corrected chi connectivity index (χ2v) is 8.78. The summed E-state index contributed by atoms with van der Waals surface area (Å²) in [6, 6.07) is 21.8. The van der Waals surface area contributed by atoms with Gasteiger partial charge in [-0.3, -0.25) is 4.90 Å². The van der Waals surface area contributed by atoms with E-state index in [0.29, 0.717) is 17.3 Å². The third-order valence-corrected chi connectivity index (χ3v) is 6.17. The maximum absolute atomic E-state index is 12.2. The van der Waals surface area contributed by atoms with Gasteiger partial charge < -0.3 is 10.1 Å². The fourth-order valence-electron chi connectivity index (χ4n) is 4.14. The highest BCUT2D eigenvalue weighted by Gasteiger charge is 2.12. The van der Waals surface area contributed by atoms with Gasteiger partial charge in [0, 0.05) is 18.1 Å². The highest BCUT2D eigenvalue weighted by atomic mass is 35.5. The minimum Gasteiger partial charge on any atom is -0.410 e. The number of carbonyl (C=O) groups excluding carboxylic acids is 1. The summed E-state index contributed by atoms with van der Waals surface area (Å²) >= 11 is 5.94. The van der Waals surface area contributed by atoms with Gasteiger partial charge in [-0.05, 0) is 91.4 Å². The zero-order valence-corrected chi connectivity index (χ0v) is 19.2. The van der Waals surface area contributed by atoms with Gasteiger partial charge >= 0.3 is 6.09 Å². The molecule has 1 amide bonds. The van der Waals surface area contributed by atoms with Crippen LogP contribution in [0.5, 0.6) is 5.75 Å². The van der Waals surface area contributed by atoms with Gasteiger partial charge in [-0.15, -0.1) is 0 Å². The average Bonchev–Trinajstić information content (AvgIpc) is 3.29. The quantitative estimate of drug-likeness (QED) is 0.465. The summed E-state index contributed by atoms with van der Waals surface area (Å²) in [7, 11) is 0. The van der Waals surface area contributed by atoms with Crippen molar-refractivity contribution < 1.29 is 9.53 Å². The maximum Gasteiger partial charge on any atom is 0.412 e. The number of carbonyl (C=O) groups is 1. The Labute approximate surface area is 195 Å². The van der Waals surface area contributed by atoms with Crippen LogP contribution in [-0.4, -0.2) is 30.6 Å². The number of amides is 1. The summed E-state index contributed by atoms with van der Waals surface area (Å²) in [5.41, 5.74) is 5.99. The first-order valence-electron chi connectivity index (χ1n) is 11.2. The van der Waals surface area contributed by atoms with Crippen molar-refractivity contribution in [2.75, 3.05) is 19.6 Å². The standard InChI is InChI=1S/C27H29ClN2O2/c1-20-18-21(19-30-16-2-3-17-30)4-5-22(20)14-15-29-27(31)32-26-12-8-24(9-13-26)23-6-10-25(28)11-7-23/h4-13,18H,2-3,14-17,19H2,1H3,(H,29,31). The van der Waals surface area contributed by atoms with Gasteiger partial charge in [0.2, 0.25) is 0 Å². The molecule has 32 heavy (non-hydrogen) atoms. The van der Waals surface area contributed by atoms with E-state index < -0.39 is 6.09 Å². The summed E-state index contributed by atoms with van der Waals surface area (Å²) < 4.78 is 5.41. The second kappa shape index (κ2) is 10.7. The fraction of sp³-hybridized carbons (Fsp3) is 0.296. The Morgan fingerprint density at radius 2 is 1.62 bits per heavy atom. The number of ether oxygens (including phenoxy) is 1. The van der Waals surface area contributed by atoms with Crippen molar-refractivity contribution in [3.63, 3.8) is 0 Å². The molecule has 1 aliphatic rings. The number of likely N-dealkylation sites (tertiary alicyclic amines) is 1. The van der Waals surface area contributed by atoms with E-state index in [0.717, 1.165) is 24.1 Å². The van der Waals surface area contributed by atoms with Gasteiger partial charge in [0.15, 0.2) is 0 Å². The van der Waals surface area contributed by atoms with Crippen LogP contribution in [0.4, 0.5) is 4.79 Å². The van der Waals surface area contributed by atoms with Crippen molar-refractivity contribution in [2.24, 2.45) is 0 Å². The molecule has 1 aliphatic heterocycles.